The van der Waals surface area contributed by atoms with E-state index in [9.17, 15) is 0 Å². The zero-order chi connectivity index (χ0) is 21.8. The molecule has 0 unspecified atom stereocenters. The average molecular weight is 412 g/mol. The van der Waals surface area contributed by atoms with Crippen LogP contribution < -0.4 is 32.4 Å². The summed E-state index contributed by atoms with van der Waals surface area (Å²) in [5.74, 6) is 2.49. The van der Waals surface area contributed by atoms with Crippen LogP contribution in [0.4, 0.5) is 22.7 Å². The maximum Gasteiger partial charge on any atom is 0.152 e. The van der Waals surface area contributed by atoms with Crippen molar-refractivity contribution < 1.29 is 9.47 Å². The van der Waals surface area contributed by atoms with Crippen molar-refractivity contribution in [2.45, 2.75) is 6.42 Å². The molecule has 8 N–H and O–H groups in total. The quantitative estimate of drug-likeness (QED) is 0.323. The fourth-order valence-electron chi connectivity index (χ4n) is 3.14. The largest absolute Gasteiger partial charge is 0.455 e. The standard InChI is InChI=1S/C25H24N4O2/c26-20-3-1-5-22(24(20)28)30-18-11-7-16(8-12-18)15-17-9-13-19(14-10-17)31-23-6-2-4-21(27)25(23)29/h1-14H,15,26-29H2. The van der Waals surface area contributed by atoms with Crippen LogP contribution in [0.25, 0.3) is 0 Å². The van der Waals surface area contributed by atoms with E-state index < -0.39 is 0 Å². The van der Waals surface area contributed by atoms with Crippen LogP contribution in [-0.4, -0.2) is 0 Å². The molecule has 0 saturated heterocycles. The van der Waals surface area contributed by atoms with Crippen LogP contribution in [0.5, 0.6) is 23.0 Å². The number of nitrogens with two attached hydrogens (primary N) is 4. The molecule has 0 fully saturated rings. The Hall–Kier alpha value is -4.32. The van der Waals surface area contributed by atoms with Crippen molar-refractivity contribution in [2.75, 3.05) is 22.9 Å². The number of rotatable bonds is 6. The van der Waals surface area contributed by atoms with Crippen molar-refractivity contribution in [3.05, 3.63) is 96.1 Å². The molecule has 0 aromatic heterocycles. The summed E-state index contributed by atoms with van der Waals surface area (Å²) >= 11 is 0. The number of para-hydroxylation sites is 2. The van der Waals surface area contributed by atoms with Gasteiger partial charge in [-0.05, 0) is 66.1 Å². The molecule has 0 saturated carbocycles. The van der Waals surface area contributed by atoms with Crippen molar-refractivity contribution >= 4 is 22.7 Å². The number of benzene rings is 4. The fraction of sp³-hybridized carbons (Fsp3) is 0.0400. The van der Waals surface area contributed by atoms with Crippen molar-refractivity contribution in [3.63, 3.8) is 0 Å². The molecule has 0 aliphatic rings. The first-order valence-corrected chi connectivity index (χ1v) is 9.81. The number of nitrogen functional groups attached to an aromatic ring is 4. The third-order valence-electron chi connectivity index (χ3n) is 4.91. The minimum absolute atomic E-state index is 0.439. The second-order valence-electron chi connectivity index (χ2n) is 7.19. The Balaban J connectivity index is 1.40. The SMILES string of the molecule is Nc1cccc(Oc2ccc(Cc3ccc(Oc4cccc(N)c4N)cc3)cc2)c1N. The van der Waals surface area contributed by atoms with Crippen LogP contribution >= 0.6 is 0 Å². The first kappa shape index (κ1) is 20.0. The number of hydrogen-bond donors (Lipinski definition) is 4. The Labute approximate surface area is 181 Å². The maximum absolute atomic E-state index is 5.97. The number of hydrogen-bond acceptors (Lipinski definition) is 6. The first-order chi connectivity index (χ1) is 15.0. The predicted octanol–water partition coefficient (Wildman–Crippen LogP) is 5.19. The Bertz CT molecular complexity index is 1090. The molecule has 6 nitrogen and oxygen atoms in total. The molecule has 156 valence electrons. The molecular weight excluding hydrogens is 388 g/mol. The monoisotopic (exact) mass is 412 g/mol. The van der Waals surface area contributed by atoms with Gasteiger partial charge >= 0.3 is 0 Å². The van der Waals surface area contributed by atoms with Gasteiger partial charge in [-0.25, -0.2) is 0 Å². The van der Waals surface area contributed by atoms with E-state index in [-0.39, 0.29) is 0 Å². The lowest BCUT2D eigenvalue weighted by molar-refractivity contribution is 0.485. The highest BCUT2D eigenvalue weighted by atomic mass is 16.5. The van der Waals surface area contributed by atoms with E-state index in [0.29, 0.717) is 45.7 Å². The normalized spacial score (nSPS) is 10.6. The highest BCUT2D eigenvalue weighted by Gasteiger charge is 2.07. The summed E-state index contributed by atoms with van der Waals surface area (Å²) in [7, 11) is 0. The predicted molar refractivity (Wildman–Crippen MR) is 126 cm³/mol. The summed E-state index contributed by atoms with van der Waals surface area (Å²) in [5, 5.41) is 0. The molecular formula is C25H24N4O2. The van der Waals surface area contributed by atoms with Gasteiger partial charge in [-0.15, -0.1) is 0 Å². The summed E-state index contributed by atoms with van der Waals surface area (Å²) in [6.45, 7) is 0. The van der Waals surface area contributed by atoms with E-state index >= 15 is 0 Å². The van der Waals surface area contributed by atoms with Crippen LogP contribution in [0, 0.1) is 0 Å². The van der Waals surface area contributed by atoms with E-state index in [1.165, 1.54) is 0 Å². The summed E-state index contributed by atoms with van der Waals surface area (Å²) in [5.41, 5.74) is 27.8. The lowest BCUT2D eigenvalue weighted by Gasteiger charge is -2.11. The highest BCUT2D eigenvalue weighted by molar-refractivity contribution is 5.71. The summed E-state index contributed by atoms with van der Waals surface area (Å²) in [6.07, 6.45) is 0.779. The highest BCUT2D eigenvalue weighted by Crippen LogP contribution is 2.33. The molecule has 6 heteroatoms. The van der Waals surface area contributed by atoms with Crippen molar-refractivity contribution in [2.24, 2.45) is 0 Å². The summed E-state index contributed by atoms with van der Waals surface area (Å²) in [4.78, 5) is 0. The molecule has 0 amide bonds. The fourth-order valence-corrected chi connectivity index (χ4v) is 3.14. The van der Waals surface area contributed by atoms with Crippen molar-refractivity contribution in [1.82, 2.24) is 0 Å². The summed E-state index contributed by atoms with van der Waals surface area (Å²) < 4.78 is 11.7. The minimum atomic E-state index is 0.439. The Morgan fingerprint density at radius 2 is 0.871 bits per heavy atom. The van der Waals surface area contributed by atoms with E-state index in [0.717, 1.165) is 17.5 Å². The topological polar surface area (TPSA) is 123 Å². The van der Waals surface area contributed by atoms with Gasteiger partial charge < -0.3 is 32.4 Å². The molecule has 0 bridgehead atoms. The van der Waals surface area contributed by atoms with E-state index in [2.05, 4.69) is 0 Å². The average Bonchev–Trinajstić information content (AvgIpc) is 2.77. The van der Waals surface area contributed by atoms with Gasteiger partial charge in [-0.1, -0.05) is 36.4 Å². The van der Waals surface area contributed by atoms with Crippen LogP contribution in [0.2, 0.25) is 0 Å². The minimum Gasteiger partial charge on any atom is -0.455 e. The molecule has 31 heavy (non-hydrogen) atoms. The van der Waals surface area contributed by atoms with Gasteiger partial charge in [-0.2, -0.15) is 0 Å². The van der Waals surface area contributed by atoms with Gasteiger partial charge in [0.05, 0.1) is 22.7 Å². The third-order valence-corrected chi connectivity index (χ3v) is 4.91. The van der Waals surface area contributed by atoms with Crippen LogP contribution in [0.15, 0.2) is 84.9 Å². The summed E-state index contributed by atoms with van der Waals surface area (Å²) in [6, 6.07) is 26.4. The zero-order valence-electron chi connectivity index (χ0n) is 16.9. The molecule has 4 aromatic carbocycles. The van der Waals surface area contributed by atoms with Crippen LogP contribution in [0.3, 0.4) is 0 Å². The van der Waals surface area contributed by atoms with Crippen LogP contribution in [0.1, 0.15) is 11.1 Å². The van der Waals surface area contributed by atoms with Gasteiger partial charge in [0.25, 0.3) is 0 Å². The number of ether oxygens (including phenoxy) is 2. The molecule has 4 aromatic rings. The number of anilines is 4. The second kappa shape index (κ2) is 8.59. The second-order valence-corrected chi connectivity index (χ2v) is 7.19. The maximum atomic E-state index is 5.97. The molecule has 0 aliphatic carbocycles. The zero-order valence-corrected chi connectivity index (χ0v) is 16.9. The van der Waals surface area contributed by atoms with Gasteiger partial charge in [0.1, 0.15) is 11.5 Å². The molecule has 0 heterocycles. The lowest BCUT2D eigenvalue weighted by Crippen LogP contribution is -1.97. The molecule has 0 atom stereocenters. The Morgan fingerprint density at radius 1 is 0.484 bits per heavy atom. The van der Waals surface area contributed by atoms with Gasteiger partial charge in [0.2, 0.25) is 0 Å². The van der Waals surface area contributed by atoms with Gasteiger partial charge in [0, 0.05) is 0 Å². The van der Waals surface area contributed by atoms with E-state index in [1.54, 1.807) is 24.3 Å². The van der Waals surface area contributed by atoms with Crippen molar-refractivity contribution in [1.29, 1.82) is 0 Å². The molecule has 0 spiro atoms. The van der Waals surface area contributed by atoms with Gasteiger partial charge in [-0.3, -0.25) is 0 Å². The molecule has 0 radical (unpaired) electrons. The van der Waals surface area contributed by atoms with E-state index in [4.69, 9.17) is 32.4 Å². The molecule has 4 rings (SSSR count). The third kappa shape index (κ3) is 4.64. The Kier molecular flexibility index (Phi) is 5.53. The van der Waals surface area contributed by atoms with Crippen molar-refractivity contribution in [3.8, 4) is 23.0 Å². The molecule has 0 aliphatic heterocycles. The van der Waals surface area contributed by atoms with Crippen LogP contribution in [-0.2, 0) is 6.42 Å². The lowest BCUT2D eigenvalue weighted by atomic mass is 10.0. The first-order valence-electron chi connectivity index (χ1n) is 9.81. The van der Waals surface area contributed by atoms with E-state index in [1.807, 2.05) is 60.7 Å². The smallest absolute Gasteiger partial charge is 0.152 e. The van der Waals surface area contributed by atoms with Gasteiger partial charge in [0.15, 0.2) is 11.5 Å². The Morgan fingerprint density at radius 3 is 1.26 bits per heavy atom.